The molecule has 1 saturated heterocycles. The van der Waals surface area contributed by atoms with Gasteiger partial charge in [0.15, 0.2) is 11.5 Å². The lowest BCUT2D eigenvalue weighted by atomic mass is 10.1. The van der Waals surface area contributed by atoms with Gasteiger partial charge < -0.3 is 19.7 Å². The third-order valence-electron chi connectivity index (χ3n) is 5.60. The average Bonchev–Trinajstić information content (AvgIpc) is 3.11. The van der Waals surface area contributed by atoms with Crippen molar-refractivity contribution in [2.24, 2.45) is 11.8 Å². The van der Waals surface area contributed by atoms with Crippen molar-refractivity contribution < 1.29 is 19.1 Å². The molecule has 154 valence electrons. The number of nitrogens with one attached hydrogen (secondary N) is 1. The maximum absolute atomic E-state index is 13.0. The van der Waals surface area contributed by atoms with E-state index in [2.05, 4.69) is 10.4 Å². The van der Waals surface area contributed by atoms with Crippen molar-refractivity contribution in [3.05, 3.63) is 35.1 Å². The van der Waals surface area contributed by atoms with E-state index in [1.165, 1.54) is 31.5 Å². The first kappa shape index (κ1) is 19.6. The summed E-state index contributed by atoms with van der Waals surface area (Å²) in [5, 5.41) is 7.34. The van der Waals surface area contributed by atoms with E-state index >= 15 is 0 Å². The van der Waals surface area contributed by atoms with Crippen LogP contribution in [0.3, 0.4) is 0 Å². The molecule has 2 aliphatic rings. The second-order valence-electron chi connectivity index (χ2n) is 7.53. The number of carbonyl (C=O) groups excluding carboxylic acids is 2. The molecule has 1 N–H and O–H groups in total. The predicted octanol–water partition coefficient (Wildman–Crippen LogP) is 2.85. The molecule has 2 aromatic rings. The van der Waals surface area contributed by atoms with E-state index in [0.717, 1.165) is 13.1 Å². The van der Waals surface area contributed by atoms with Gasteiger partial charge in [-0.3, -0.25) is 14.3 Å². The van der Waals surface area contributed by atoms with Crippen molar-refractivity contribution in [1.29, 1.82) is 0 Å². The zero-order chi connectivity index (χ0) is 20.7. The average molecular weight is 419 g/mol. The van der Waals surface area contributed by atoms with Crippen LogP contribution in [0.2, 0.25) is 5.02 Å². The van der Waals surface area contributed by atoms with Crippen molar-refractivity contribution in [3.63, 3.8) is 0 Å². The minimum Gasteiger partial charge on any atom is -0.493 e. The summed E-state index contributed by atoms with van der Waals surface area (Å²) in [6.07, 6.45) is 4.25. The van der Waals surface area contributed by atoms with Gasteiger partial charge in [0.25, 0.3) is 5.91 Å². The highest BCUT2D eigenvalue weighted by Gasteiger charge is 2.46. The van der Waals surface area contributed by atoms with Crippen LogP contribution in [0.5, 0.6) is 11.5 Å². The third-order valence-corrected chi connectivity index (χ3v) is 5.79. The summed E-state index contributed by atoms with van der Waals surface area (Å²) in [6, 6.07) is 2.68. The van der Waals surface area contributed by atoms with Crippen LogP contribution in [0.25, 0.3) is 0 Å². The Morgan fingerprint density at radius 3 is 2.55 bits per heavy atom. The number of ether oxygens (including phenoxy) is 2. The van der Waals surface area contributed by atoms with E-state index in [9.17, 15) is 9.59 Å². The molecule has 1 saturated carbocycles. The van der Waals surface area contributed by atoms with Crippen molar-refractivity contribution in [2.45, 2.75) is 19.4 Å². The minimum absolute atomic E-state index is 0.0689. The molecule has 1 aliphatic heterocycles. The van der Waals surface area contributed by atoms with Crippen LogP contribution in [-0.4, -0.2) is 53.8 Å². The number of amides is 2. The zero-order valence-electron chi connectivity index (χ0n) is 16.5. The fourth-order valence-corrected chi connectivity index (χ4v) is 3.95. The Labute approximate surface area is 173 Å². The van der Waals surface area contributed by atoms with Gasteiger partial charge in [0.1, 0.15) is 6.04 Å². The van der Waals surface area contributed by atoms with E-state index in [1.807, 2.05) is 4.90 Å². The number of nitrogens with zero attached hydrogens (tertiary/aromatic N) is 3. The number of likely N-dealkylation sites (tertiary alicyclic amines) is 1. The first-order valence-corrected chi connectivity index (χ1v) is 9.85. The first-order chi connectivity index (χ1) is 13.9. The Kier molecular flexibility index (Phi) is 5.12. The molecule has 2 fully saturated rings. The molecule has 9 heteroatoms. The Morgan fingerprint density at radius 1 is 1.24 bits per heavy atom. The van der Waals surface area contributed by atoms with E-state index in [-0.39, 0.29) is 11.8 Å². The van der Waals surface area contributed by atoms with Gasteiger partial charge in [-0.2, -0.15) is 5.10 Å². The molecule has 1 aliphatic carbocycles. The Hall–Kier alpha value is -2.74. The summed E-state index contributed by atoms with van der Waals surface area (Å²) < 4.78 is 12.3. The van der Waals surface area contributed by atoms with Gasteiger partial charge >= 0.3 is 0 Å². The van der Waals surface area contributed by atoms with E-state index in [1.54, 1.807) is 25.3 Å². The molecule has 0 radical (unpaired) electrons. The Morgan fingerprint density at radius 2 is 1.97 bits per heavy atom. The summed E-state index contributed by atoms with van der Waals surface area (Å²) >= 11 is 5.89. The van der Waals surface area contributed by atoms with Gasteiger partial charge in [0.2, 0.25) is 5.91 Å². The van der Waals surface area contributed by atoms with Crippen LogP contribution >= 0.6 is 11.6 Å². The first-order valence-electron chi connectivity index (χ1n) is 9.47. The smallest absolute Gasteiger partial charge is 0.254 e. The number of rotatable bonds is 6. The van der Waals surface area contributed by atoms with E-state index in [0.29, 0.717) is 39.6 Å². The highest BCUT2D eigenvalue weighted by molar-refractivity contribution is 6.30. The number of anilines is 1. The number of aromatic nitrogens is 2. The number of hydrogen-bond donors (Lipinski definition) is 1. The quantitative estimate of drug-likeness (QED) is 0.779. The Bertz CT molecular complexity index is 950. The van der Waals surface area contributed by atoms with Gasteiger partial charge in [-0.15, -0.1) is 0 Å². The SMILES string of the molecule is COc1cc(C(=O)N2C[C@H]3C[C@H]3C2)cc(NC(=O)C(C)n2cc(Cl)cn2)c1OC. The number of fused-ring (bicyclic) bond motifs is 1. The van der Waals surface area contributed by atoms with Gasteiger partial charge in [0, 0.05) is 24.8 Å². The molecule has 1 unspecified atom stereocenters. The molecule has 29 heavy (non-hydrogen) atoms. The molecule has 8 nitrogen and oxygen atoms in total. The molecule has 2 amide bonds. The molecule has 3 atom stereocenters. The highest BCUT2D eigenvalue weighted by Crippen LogP contribution is 2.45. The molecule has 1 aromatic heterocycles. The summed E-state index contributed by atoms with van der Waals surface area (Å²) in [6.45, 7) is 3.28. The molecule has 0 spiro atoms. The van der Waals surface area contributed by atoms with Crippen molar-refractivity contribution >= 4 is 29.1 Å². The zero-order valence-corrected chi connectivity index (χ0v) is 17.3. The van der Waals surface area contributed by atoms with E-state index in [4.69, 9.17) is 21.1 Å². The fourth-order valence-electron chi connectivity index (χ4n) is 3.81. The molecule has 4 rings (SSSR count). The van der Waals surface area contributed by atoms with Crippen LogP contribution < -0.4 is 14.8 Å². The highest BCUT2D eigenvalue weighted by atomic mass is 35.5. The van der Waals surface area contributed by atoms with Crippen LogP contribution in [0.4, 0.5) is 5.69 Å². The maximum atomic E-state index is 13.0. The molecular weight excluding hydrogens is 396 g/mol. The lowest BCUT2D eigenvalue weighted by Gasteiger charge is -2.21. The largest absolute Gasteiger partial charge is 0.493 e. The second-order valence-corrected chi connectivity index (χ2v) is 7.97. The summed E-state index contributed by atoms with van der Waals surface area (Å²) in [5.41, 5.74) is 0.823. The standard InChI is InChI=1S/C20H23ClN4O4/c1-11(25-10-15(21)7-22-25)19(26)23-16-5-12(6-17(28-2)18(16)29-3)20(27)24-8-13-4-14(13)9-24/h5-7,10-11,13-14H,4,8-9H2,1-3H3,(H,23,26)/t11?,13-,14+. The topological polar surface area (TPSA) is 85.7 Å². The molecule has 2 heterocycles. The van der Waals surface area contributed by atoms with Crippen molar-refractivity contribution in [1.82, 2.24) is 14.7 Å². The predicted molar refractivity (Wildman–Crippen MR) is 108 cm³/mol. The minimum atomic E-state index is -0.608. The van der Waals surface area contributed by atoms with Crippen molar-refractivity contribution in [3.8, 4) is 11.5 Å². The van der Waals surface area contributed by atoms with Crippen LogP contribution in [0.15, 0.2) is 24.5 Å². The van der Waals surface area contributed by atoms with Crippen LogP contribution in [-0.2, 0) is 4.79 Å². The summed E-state index contributed by atoms with van der Waals surface area (Å²) in [7, 11) is 2.98. The number of halogens is 1. The summed E-state index contributed by atoms with van der Waals surface area (Å²) in [5.74, 6) is 1.62. The number of benzene rings is 1. The number of hydrogen-bond acceptors (Lipinski definition) is 5. The maximum Gasteiger partial charge on any atom is 0.254 e. The van der Waals surface area contributed by atoms with Gasteiger partial charge in [-0.05, 0) is 37.3 Å². The number of carbonyl (C=O) groups is 2. The monoisotopic (exact) mass is 418 g/mol. The van der Waals surface area contributed by atoms with Crippen LogP contribution in [0, 0.1) is 11.8 Å². The molecule has 1 aromatic carbocycles. The molecule has 0 bridgehead atoms. The number of methoxy groups -OCH3 is 2. The fraction of sp³-hybridized carbons (Fsp3) is 0.450. The second kappa shape index (κ2) is 7.59. The number of piperidine rings is 1. The Balaban J connectivity index is 1.60. The van der Waals surface area contributed by atoms with Gasteiger partial charge in [-0.25, -0.2) is 0 Å². The molecular formula is C20H23ClN4O4. The summed E-state index contributed by atoms with van der Waals surface area (Å²) in [4.78, 5) is 27.6. The van der Waals surface area contributed by atoms with Crippen LogP contribution in [0.1, 0.15) is 29.7 Å². The lowest BCUT2D eigenvalue weighted by molar-refractivity contribution is -0.119. The third kappa shape index (κ3) is 3.76. The van der Waals surface area contributed by atoms with Gasteiger partial charge in [-0.1, -0.05) is 11.6 Å². The normalized spacial score (nSPS) is 20.8. The van der Waals surface area contributed by atoms with Crippen molar-refractivity contribution in [2.75, 3.05) is 32.6 Å². The van der Waals surface area contributed by atoms with Gasteiger partial charge in [0.05, 0.1) is 31.1 Å². The lowest BCUT2D eigenvalue weighted by Crippen LogP contribution is -2.30. The van der Waals surface area contributed by atoms with E-state index < -0.39 is 6.04 Å².